The second-order valence-corrected chi connectivity index (χ2v) is 11.9. The summed E-state index contributed by atoms with van der Waals surface area (Å²) in [6.45, 7) is 4.72. The smallest absolute Gasteiger partial charge is 0.264 e. The number of carbonyl (C=O) groups excluding carboxylic acids is 2. The molecular weight excluding hydrogens is 561 g/mol. The number of nitrogens with one attached hydrogen (secondary N) is 1. The van der Waals surface area contributed by atoms with E-state index in [0.29, 0.717) is 21.4 Å². The van der Waals surface area contributed by atoms with E-state index in [0.717, 1.165) is 4.31 Å². The number of hydrogen-bond acceptors (Lipinski definition) is 5. The lowest BCUT2D eigenvalue weighted by Crippen LogP contribution is -2.52. The Kier molecular flexibility index (Phi) is 10.2. The maximum atomic E-state index is 13.9. The third-order valence-electron chi connectivity index (χ3n) is 5.88. The summed E-state index contributed by atoms with van der Waals surface area (Å²) in [4.78, 5) is 28.1. The molecule has 0 aliphatic rings. The van der Waals surface area contributed by atoms with Crippen LogP contribution in [0.1, 0.15) is 26.3 Å². The van der Waals surface area contributed by atoms with Gasteiger partial charge in [0.25, 0.3) is 10.0 Å². The molecule has 1 N–H and O–H groups in total. The number of carbonyl (C=O) groups is 2. The van der Waals surface area contributed by atoms with Crippen LogP contribution in [-0.4, -0.2) is 50.9 Å². The van der Waals surface area contributed by atoms with E-state index >= 15 is 0 Å². The van der Waals surface area contributed by atoms with E-state index in [1.165, 1.54) is 48.4 Å². The SMILES string of the molecule is COc1ccc(S(=O)(=O)N(CC(=O)N(Cc2cccc(Cl)c2)[C@H](C)C(=O)NC(C)C)c2ccc(Cl)cc2)cc1. The maximum absolute atomic E-state index is 13.9. The monoisotopic (exact) mass is 591 g/mol. The predicted molar refractivity (Wildman–Crippen MR) is 154 cm³/mol. The van der Waals surface area contributed by atoms with Crippen LogP contribution < -0.4 is 14.4 Å². The largest absolute Gasteiger partial charge is 0.497 e. The molecule has 0 saturated carbocycles. The summed E-state index contributed by atoms with van der Waals surface area (Å²) in [5.41, 5.74) is 0.932. The lowest BCUT2D eigenvalue weighted by atomic mass is 10.1. The Labute approximate surface area is 239 Å². The quantitative estimate of drug-likeness (QED) is 0.333. The topological polar surface area (TPSA) is 96.0 Å². The fourth-order valence-electron chi connectivity index (χ4n) is 3.83. The molecule has 11 heteroatoms. The highest BCUT2D eigenvalue weighted by molar-refractivity contribution is 7.92. The molecule has 0 aromatic heterocycles. The highest BCUT2D eigenvalue weighted by atomic mass is 35.5. The van der Waals surface area contributed by atoms with Gasteiger partial charge in [-0.1, -0.05) is 35.3 Å². The molecule has 0 spiro atoms. The van der Waals surface area contributed by atoms with E-state index in [2.05, 4.69) is 5.32 Å². The van der Waals surface area contributed by atoms with Crippen LogP contribution in [0.4, 0.5) is 5.69 Å². The molecule has 0 radical (unpaired) electrons. The number of halogens is 2. The lowest BCUT2D eigenvalue weighted by Gasteiger charge is -2.32. The highest BCUT2D eigenvalue weighted by Gasteiger charge is 2.32. The summed E-state index contributed by atoms with van der Waals surface area (Å²) >= 11 is 12.2. The van der Waals surface area contributed by atoms with Crippen molar-refractivity contribution in [2.75, 3.05) is 18.0 Å². The van der Waals surface area contributed by atoms with E-state index in [1.54, 1.807) is 43.3 Å². The molecule has 0 heterocycles. The average molecular weight is 593 g/mol. The van der Waals surface area contributed by atoms with Crippen LogP contribution in [0.25, 0.3) is 0 Å². The van der Waals surface area contributed by atoms with Gasteiger partial charge in [0.2, 0.25) is 11.8 Å². The summed E-state index contributed by atoms with van der Waals surface area (Å²) in [5.74, 6) is -0.453. The first kappa shape index (κ1) is 30.3. The molecule has 3 aromatic rings. The third-order valence-corrected chi connectivity index (χ3v) is 8.16. The van der Waals surface area contributed by atoms with Gasteiger partial charge in [-0.25, -0.2) is 8.42 Å². The zero-order chi connectivity index (χ0) is 28.7. The second-order valence-electron chi connectivity index (χ2n) is 9.15. The Morgan fingerprint density at radius 1 is 0.923 bits per heavy atom. The summed E-state index contributed by atoms with van der Waals surface area (Å²) in [7, 11) is -2.72. The molecule has 0 unspecified atom stereocenters. The van der Waals surface area contributed by atoms with E-state index < -0.39 is 28.5 Å². The van der Waals surface area contributed by atoms with Gasteiger partial charge in [0, 0.05) is 22.6 Å². The van der Waals surface area contributed by atoms with Crippen molar-refractivity contribution in [2.24, 2.45) is 0 Å². The van der Waals surface area contributed by atoms with E-state index in [9.17, 15) is 18.0 Å². The van der Waals surface area contributed by atoms with Gasteiger partial charge in [0.05, 0.1) is 17.7 Å². The first-order valence-corrected chi connectivity index (χ1v) is 14.4. The van der Waals surface area contributed by atoms with Crippen molar-refractivity contribution in [2.45, 2.75) is 44.3 Å². The molecule has 0 aliphatic heterocycles. The minimum Gasteiger partial charge on any atom is -0.497 e. The average Bonchev–Trinajstić information content (AvgIpc) is 2.90. The number of benzene rings is 3. The molecular formula is C28H31Cl2N3O5S. The minimum atomic E-state index is -4.20. The Bertz CT molecular complexity index is 1400. The number of hydrogen-bond donors (Lipinski definition) is 1. The van der Waals surface area contributed by atoms with E-state index in [4.69, 9.17) is 27.9 Å². The molecule has 3 rings (SSSR count). The molecule has 8 nitrogen and oxygen atoms in total. The normalized spacial score (nSPS) is 12.1. The third kappa shape index (κ3) is 7.88. The summed E-state index contributed by atoms with van der Waals surface area (Å²) in [5, 5.41) is 3.70. The van der Waals surface area contributed by atoms with E-state index in [-0.39, 0.29) is 29.1 Å². The first-order valence-electron chi connectivity index (χ1n) is 12.2. The lowest BCUT2D eigenvalue weighted by molar-refractivity contribution is -0.139. The molecule has 1 atom stereocenters. The summed E-state index contributed by atoms with van der Waals surface area (Å²) < 4.78 is 33.8. The summed E-state index contributed by atoms with van der Waals surface area (Å²) in [6, 6.07) is 17.9. The van der Waals surface area contributed by atoms with Gasteiger partial charge in [-0.2, -0.15) is 0 Å². The number of amides is 2. The number of methoxy groups -OCH3 is 1. The van der Waals surface area contributed by atoms with Crippen LogP contribution in [0.15, 0.2) is 77.7 Å². The van der Waals surface area contributed by atoms with Crippen LogP contribution in [0.2, 0.25) is 10.0 Å². The van der Waals surface area contributed by atoms with Crippen molar-refractivity contribution in [3.63, 3.8) is 0 Å². The van der Waals surface area contributed by atoms with Gasteiger partial charge in [-0.05, 0) is 87.0 Å². The van der Waals surface area contributed by atoms with Gasteiger partial charge in [-0.3, -0.25) is 13.9 Å². The zero-order valence-corrected chi connectivity index (χ0v) is 24.4. The fourth-order valence-corrected chi connectivity index (χ4v) is 5.58. The van der Waals surface area contributed by atoms with Crippen molar-refractivity contribution in [1.82, 2.24) is 10.2 Å². The van der Waals surface area contributed by atoms with Crippen molar-refractivity contribution in [1.29, 1.82) is 0 Å². The number of anilines is 1. The summed E-state index contributed by atoms with van der Waals surface area (Å²) in [6.07, 6.45) is 0. The van der Waals surface area contributed by atoms with Gasteiger partial charge in [-0.15, -0.1) is 0 Å². The van der Waals surface area contributed by atoms with Crippen LogP contribution in [0, 0.1) is 0 Å². The van der Waals surface area contributed by atoms with E-state index in [1.807, 2.05) is 13.8 Å². The van der Waals surface area contributed by atoms with Gasteiger partial charge < -0.3 is 15.0 Å². The Morgan fingerprint density at radius 3 is 2.13 bits per heavy atom. The molecule has 208 valence electrons. The molecule has 0 saturated heterocycles. The highest BCUT2D eigenvalue weighted by Crippen LogP contribution is 2.27. The van der Waals surface area contributed by atoms with Gasteiger partial charge in [0.1, 0.15) is 18.3 Å². The molecule has 0 aliphatic carbocycles. The van der Waals surface area contributed by atoms with Crippen molar-refractivity contribution in [3.05, 3.63) is 88.4 Å². The number of ether oxygens (including phenoxy) is 1. The predicted octanol–water partition coefficient (Wildman–Crippen LogP) is 5.14. The number of rotatable bonds is 11. The Morgan fingerprint density at radius 2 is 1.56 bits per heavy atom. The van der Waals surface area contributed by atoms with Crippen LogP contribution in [0.3, 0.4) is 0 Å². The number of nitrogens with zero attached hydrogens (tertiary/aromatic N) is 2. The van der Waals surface area contributed by atoms with Crippen LogP contribution in [0.5, 0.6) is 5.75 Å². The molecule has 2 amide bonds. The number of sulfonamides is 1. The fraction of sp³-hybridized carbons (Fsp3) is 0.286. The second kappa shape index (κ2) is 13.2. The molecule has 3 aromatic carbocycles. The first-order chi connectivity index (χ1) is 18.4. The molecule has 0 bridgehead atoms. The molecule has 39 heavy (non-hydrogen) atoms. The Hall–Kier alpha value is -3.27. The van der Waals surface area contributed by atoms with Gasteiger partial charge in [0.15, 0.2) is 0 Å². The minimum absolute atomic E-state index is 0.0296. The maximum Gasteiger partial charge on any atom is 0.264 e. The van der Waals surface area contributed by atoms with Crippen molar-refractivity contribution in [3.8, 4) is 5.75 Å². The van der Waals surface area contributed by atoms with Gasteiger partial charge >= 0.3 is 0 Å². The van der Waals surface area contributed by atoms with Crippen LogP contribution >= 0.6 is 23.2 Å². The van der Waals surface area contributed by atoms with Crippen molar-refractivity contribution >= 4 is 50.7 Å². The molecule has 0 fully saturated rings. The standard InChI is InChI=1S/C28H31Cl2N3O5S/c1-19(2)31-28(35)20(3)32(17-21-6-5-7-23(30)16-21)27(34)18-33(24-10-8-22(29)9-11-24)39(36,37)26-14-12-25(38-4)13-15-26/h5-16,19-20H,17-18H2,1-4H3,(H,31,35)/t20-/m1/s1. The van der Waals surface area contributed by atoms with Crippen LogP contribution in [-0.2, 0) is 26.2 Å². The Balaban J connectivity index is 2.03. The zero-order valence-electron chi connectivity index (χ0n) is 22.1. The van der Waals surface area contributed by atoms with Crippen molar-refractivity contribution < 1.29 is 22.7 Å².